The van der Waals surface area contributed by atoms with E-state index in [2.05, 4.69) is 5.32 Å². The summed E-state index contributed by atoms with van der Waals surface area (Å²) < 4.78 is 31.8. The maximum absolute atomic E-state index is 13.6. The number of benzene rings is 2. The summed E-state index contributed by atoms with van der Waals surface area (Å²) in [7, 11) is 1.61. The highest BCUT2D eigenvalue weighted by Crippen LogP contribution is 2.33. The molecule has 1 fully saturated rings. The normalized spacial score (nSPS) is 16.0. The molecule has 5 nitrogen and oxygen atoms in total. The van der Waals surface area contributed by atoms with Crippen LogP contribution in [0, 0.1) is 11.6 Å². The van der Waals surface area contributed by atoms with Crippen molar-refractivity contribution in [3.8, 4) is 5.75 Å². The number of rotatable bonds is 7. The number of hydrogen-bond donors (Lipinski definition) is 1. The summed E-state index contributed by atoms with van der Waals surface area (Å²) in [6.45, 7) is 0.937. The number of ether oxygens (including phenoxy) is 1. The Hall–Kier alpha value is -2.96. The van der Waals surface area contributed by atoms with Crippen LogP contribution in [0.25, 0.3) is 0 Å². The van der Waals surface area contributed by atoms with Crippen LogP contribution in [-0.2, 0) is 4.79 Å². The summed E-state index contributed by atoms with van der Waals surface area (Å²) in [4.78, 5) is 26.5. The predicted octanol–water partition coefficient (Wildman–Crippen LogP) is 3.85. The second-order valence-corrected chi connectivity index (χ2v) is 7.01. The van der Waals surface area contributed by atoms with E-state index >= 15 is 0 Å². The number of halogens is 2. The standard InChI is InChI=1S/C22H24F2N2O3/c1-29-17-6-2-5-15(13-17)20-7-4-12-26(20)21(27)8-3-11-25-22(28)18-10-9-16(23)14-19(18)24/h2,5-6,9-10,13-14,20H,3-4,7-8,11-12H2,1H3,(H,25,28). The topological polar surface area (TPSA) is 58.6 Å². The smallest absolute Gasteiger partial charge is 0.254 e. The van der Waals surface area contributed by atoms with Gasteiger partial charge >= 0.3 is 0 Å². The molecule has 0 bridgehead atoms. The van der Waals surface area contributed by atoms with Crippen molar-refractivity contribution < 1.29 is 23.1 Å². The molecule has 0 aromatic heterocycles. The molecule has 0 spiro atoms. The van der Waals surface area contributed by atoms with E-state index in [1.807, 2.05) is 29.2 Å². The number of nitrogens with zero attached hydrogens (tertiary/aromatic N) is 1. The second-order valence-electron chi connectivity index (χ2n) is 7.01. The molecule has 1 atom stereocenters. The van der Waals surface area contributed by atoms with Gasteiger partial charge in [0.2, 0.25) is 5.91 Å². The van der Waals surface area contributed by atoms with Crippen LogP contribution in [0.15, 0.2) is 42.5 Å². The fourth-order valence-corrected chi connectivity index (χ4v) is 3.61. The Morgan fingerprint density at radius 2 is 2.03 bits per heavy atom. The van der Waals surface area contributed by atoms with Crippen LogP contribution < -0.4 is 10.1 Å². The molecule has 0 saturated carbocycles. The molecule has 1 saturated heterocycles. The minimum atomic E-state index is -0.906. The second kappa shape index (κ2) is 9.49. The molecule has 2 aromatic carbocycles. The van der Waals surface area contributed by atoms with Gasteiger partial charge in [-0.1, -0.05) is 12.1 Å². The van der Waals surface area contributed by atoms with Crippen molar-refractivity contribution in [3.63, 3.8) is 0 Å². The Kier molecular flexibility index (Phi) is 6.80. The average molecular weight is 402 g/mol. The molecule has 1 aliphatic heterocycles. The lowest BCUT2D eigenvalue weighted by Crippen LogP contribution is -2.32. The fraction of sp³-hybridized carbons (Fsp3) is 0.364. The van der Waals surface area contributed by atoms with Crippen molar-refractivity contribution in [1.29, 1.82) is 0 Å². The highest BCUT2D eigenvalue weighted by molar-refractivity contribution is 5.94. The molecule has 2 aromatic rings. The van der Waals surface area contributed by atoms with E-state index in [0.29, 0.717) is 19.0 Å². The van der Waals surface area contributed by atoms with Gasteiger partial charge in [0.25, 0.3) is 5.91 Å². The highest BCUT2D eigenvalue weighted by atomic mass is 19.1. The molecule has 1 heterocycles. The molecule has 1 aliphatic rings. The maximum atomic E-state index is 13.6. The average Bonchev–Trinajstić information content (AvgIpc) is 3.21. The van der Waals surface area contributed by atoms with Crippen LogP contribution in [0.2, 0.25) is 0 Å². The number of carbonyl (C=O) groups is 2. The summed E-state index contributed by atoms with van der Waals surface area (Å²) >= 11 is 0. The van der Waals surface area contributed by atoms with Gasteiger partial charge in [-0.15, -0.1) is 0 Å². The monoisotopic (exact) mass is 402 g/mol. The zero-order chi connectivity index (χ0) is 20.8. The van der Waals surface area contributed by atoms with Crippen LogP contribution in [0.1, 0.15) is 47.6 Å². The van der Waals surface area contributed by atoms with Crippen LogP contribution in [-0.4, -0.2) is 36.9 Å². The third-order valence-electron chi connectivity index (χ3n) is 5.08. The quantitative estimate of drug-likeness (QED) is 0.716. The van der Waals surface area contributed by atoms with E-state index in [4.69, 9.17) is 4.74 Å². The van der Waals surface area contributed by atoms with Gasteiger partial charge in [0.1, 0.15) is 17.4 Å². The van der Waals surface area contributed by atoms with Crippen LogP contribution in [0.3, 0.4) is 0 Å². The minimum Gasteiger partial charge on any atom is -0.497 e. The summed E-state index contributed by atoms with van der Waals surface area (Å²) in [5, 5.41) is 2.57. The number of methoxy groups -OCH3 is 1. The Bertz CT molecular complexity index is 888. The van der Waals surface area contributed by atoms with Gasteiger partial charge < -0.3 is 15.0 Å². The summed E-state index contributed by atoms with van der Waals surface area (Å²) in [5.74, 6) is -1.47. The third kappa shape index (κ3) is 5.10. The lowest BCUT2D eigenvalue weighted by molar-refractivity contribution is -0.132. The first-order valence-electron chi connectivity index (χ1n) is 9.66. The van der Waals surface area contributed by atoms with Crippen LogP contribution >= 0.6 is 0 Å². The molecule has 0 radical (unpaired) electrons. The zero-order valence-corrected chi connectivity index (χ0v) is 16.3. The molecule has 29 heavy (non-hydrogen) atoms. The molecule has 3 rings (SSSR count). The molecule has 0 aliphatic carbocycles. The van der Waals surface area contributed by atoms with Crippen molar-refractivity contribution in [2.45, 2.75) is 31.7 Å². The molecule has 1 N–H and O–H groups in total. The van der Waals surface area contributed by atoms with E-state index in [1.165, 1.54) is 0 Å². The van der Waals surface area contributed by atoms with Gasteiger partial charge in [-0.2, -0.15) is 0 Å². The zero-order valence-electron chi connectivity index (χ0n) is 16.3. The van der Waals surface area contributed by atoms with Crippen molar-refractivity contribution in [1.82, 2.24) is 10.2 Å². The Morgan fingerprint density at radius 3 is 2.79 bits per heavy atom. The first-order chi connectivity index (χ1) is 14.0. The van der Waals surface area contributed by atoms with Gasteiger partial charge in [0.15, 0.2) is 0 Å². The molecule has 1 unspecified atom stereocenters. The summed E-state index contributed by atoms with van der Waals surface area (Å²) in [6.07, 6.45) is 2.56. The van der Waals surface area contributed by atoms with Crippen LogP contribution in [0.5, 0.6) is 5.75 Å². The Balaban J connectivity index is 1.50. The van der Waals surface area contributed by atoms with E-state index in [0.717, 1.165) is 36.3 Å². The fourth-order valence-electron chi connectivity index (χ4n) is 3.61. The first kappa shape index (κ1) is 20.8. The predicted molar refractivity (Wildman–Crippen MR) is 105 cm³/mol. The van der Waals surface area contributed by atoms with Crippen molar-refractivity contribution in [2.24, 2.45) is 0 Å². The van der Waals surface area contributed by atoms with Gasteiger partial charge in [-0.25, -0.2) is 8.78 Å². The Labute approximate surface area is 168 Å². The molecular weight excluding hydrogens is 378 g/mol. The van der Waals surface area contributed by atoms with E-state index in [1.54, 1.807) is 7.11 Å². The lowest BCUT2D eigenvalue weighted by Gasteiger charge is -2.25. The molecular formula is C22H24F2N2O3. The van der Waals surface area contributed by atoms with Crippen molar-refractivity contribution in [2.75, 3.05) is 20.2 Å². The highest BCUT2D eigenvalue weighted by Gasteiger charge is 2.29. The third-order valence-corrected chi connectivity index (χ3v) is 5.08. The largest absolute Gasteiger partial charge is 0.497 e. The number of likely N-dealkylation sites (tertiary alicyclic amines) is 1. The van der Waals surface area contributed by atoms with Gasteiger partial charge in [-0.05, 0) is 49.1 Å². The number of carbonyl (C=O) groups excluding carboxylic acids is 2. The lowest BCUT2D eigenvalue weighted by atomic mass is 10.0. The number of amides is 2. The van der Waals surface area contributed by atoms with Gasteiger partial charge in [-0.3, -0.25) is 9.59 Å². The Morgan fingerprint density at radius 1 is 1.21 bits per heavy atom. The SMILES string of the molecule is COc1cccc(C2CCCN2C(=O)CCCNC(=O)c2ccc(F)cc2F)c1. The van der Waals surface area contributed by atoms with Crippen LogP contribution in [0.4, 0.5) is 8.78 Å². The van der Waals surface area contributed by atoms with E-state index in [9.17, 15) is 18.4 Å². The number of nitrogens with one attached hydrogen (secondary N) is 1. The maximum Gasteiger partial charge on any atom is 0.254 e. The number of hydrogen-bond acceptors (Lipinski definition) is 3. The molecule has 154 valence electrons. The molecule has 7 heteroatoms. The van der Waals surface area contributed by atoms with Gasteiger partial charge in [0.05, 0.1) is 18.7 Å². The first-order valence-corrected chi connectivity index (χ1v) is 9.66. The van der Waals surface area contributed by atoms with Crippen molar-refractivity contribution >= 4 is 11.8 Å². The summed E-state index contributed by atoms with van der Waals surface area (Å²) in [5.41, 5.74) is 0.839. The van der Waals surface area contributed by atoms with E-state index < -0.39 is 17.5 Å². The van der Waals surface area contributed by atoms with E-state index in [-0.39, 0.29) is 30.5 Å². The molecule has 2 amide bonds. The summed E-state index contributed by atoms with van der Waals surface area (Å²) in [6, 6.07) is 10.6. The van der Waals surface area contributed by atoms with Gasteiger partial charge in [0, 0.05) is 25.6 Å². The minimum absolute atomic E-state index is 0.0255. The van der Waals surface area contributed by atoms with Crippen molar-refractivity contribution in [3.05, 3.63) is 65.2 Å².